The van der Waals surface area contributed by atoms with Crippen LogP contribution in [0.15, 0.2) is 0 Å². The lowest BCUT2D eigenvalue weighted by Crippen LogP contribution is -2.35. The molecular formula is C10H20O2. The first-order valence-corrected chi connectivity index (χ1v) is 4.98. The number of rotatable bonds is 3. The van der Waals surface area contributed by atoms with Crippen LogP contribution in [0.5, 0.6) is 0 Å². The van der Waals surface area contributed by atoms with Crippen LogP contribution >= 0.6 is 0 Å². The zero-order valence-corrected chi connectivity index (χ0v) is 8.12. The largest absolute Gasteiger partial charge is 0.390 e. The topological polar surface area (TPSA) is 29.5 Å². The molecule has 0 spiro atoms. The lowest BCUT2D eigenvalue weighted by Gasteiger charge is -2.32. The summed E-state index contributed by atoms with van der Waals surface area (Å²) in [5.74, 6) is 0.781. The summed E-state index contributed by atoms with van der Waals surface area (Å²) in [6.45, 7) is 2.22. The Bertz CT molecular complexity index is 125. The van der Waals surface area contributed by atoms with Gasteiger partial charge in [0.1, 0.15) is 0 Å². The quantitative estimate of drug-likeness (QED) is 0.705. The van der Waals surface area contributed by atoms with Gasteiger partial charge < -0.3 is 9.84 Å². The molecule has 1 aliphatic rings. The van der Waals surface area contributed by atoms with E-state index in [1.807, 2.05) is 0 Å². The van der Waals surface area contributed by atoms with Gasteiger partial charge in [-0.15, -0.1) is 0 Å². The molecule has 72 valence electrons. The summed E-state index contributed by atoms with van der Waals surface area (Å²) in [7, 11) is 1.70. The van der Waals surface area contributed by atoms with Gasteiger partial charge in [-0.2, -0.15) is 0 Å². The standard InChI is InChI=1S/C10H20O2/c1-3-4-8-5-6-9(11)10(7-8)12-2/h8-11H,3-7H2,1-2H3/t8-,9+,10+/m0/s1. The van der Waals surface area contributed by atoms with Gasteiger partial charge in [0.15, 0.2) is 0 Å². The van der Waals surface area contributed by atoms with Gasteiger partial charge in [-0.25, -0.2) is 0 Å². The second-order valence-corrected chi connectivity index (χ2v) is 3.81. The molecule has 1 rings (SSSR count). The van der Waals surface area contributed by atoms with E-state index in [-0.39, 0.29) is 12.2 Å². The molecule has 1 saturated carbocycles. The van der Waals surface area contributed by atoms with Crippen molar-refractivity contribution in [1.29, 1.82) is 0 Å². The molecule has 0 saturated heterocycles. The fourth-order valence-corrected chi connectivity index (χ4v) is 2.12. The number of hydrogen-bond acceptors (Lipinski definition) is 2. The van der Waals surface area contributed by atoms with E-state index in [0.717, 1.165) is 18.8 Å². The molecule has 0 heterocycles. The van der Waals surface area contributed by atoms with Crippen LogP contribution in [0.25, 0.3) is 0 Å². The zero-order chi connectivity index (χ0) is 8.97. The zero-order valence-electron chi connectivity index (χ0n) is 8.12. The van der Waals surface area contributed by atoms with Gasteiger partial charge in [0, 0.05) is 7.11 Å². The molecule has 3 atom stereocenters. The molecule has 1 aliphatic carbocycles. The van der Waals surface area contributed by atoms with Crippen molar-refractivity contribution in [3.63, 3.8) is 0 Å². The maximum absolute atomic E-state index is 9.53. The summed E-state index contributed by atoms with van der Waals surface area (Å²) in [6, 6.07) is 0. The molecule has 0 aromatic heterocycles. The number of methoxy groups -OCH3 is 1. The van der Waals surface area contributed by atoms with Gasteiger partial charge in [0.2, 0.25) is 0 Å². The molecule has 0 aliphatic heterocycles. The fraction of sp³-hybridized carbons (Fsp3) is 1.00. The highest BCUT2D eigenvalue weighted by molar-refractivity contribution is 4.79. The average Bonchev–Trinajstić information content (AvgIpc) is 2.09. The van der Waals surface area contributed by atoms with E-state index in [1.54, 1.807) is 7.11 Å². The highest BCUT2D eigenvalue weighted by Gasteiger charge is 2.28. The molecule has 1 N–H and O–H groups in total. The lowest BCUT2D eigenvalue weighted by molar-refractivity contribution is -0.0513. The van der Waals surface area contributed by atoms with Crippen molar-refractivity contribution in [2.75, 3.05) is 7.11 Å². The highest BCUT2D eigenvalue weighted by atomic mass is 16.5. The van der Waals surface area contributed by atoms with Crippen LogP contribution < -0.4 is 0 Å². The Morgan fingerprint density at radius 2 is 2.17 bits per heavy atom. The van der Waals surface area contributed by atoms with Crippen molar-refractivity contribution in [2.45, 2.75) is 51.2 Å². The molecule has 0 aromatic carbocycles. The minimum atomic E-state index is -0.219. The maximum atomic E-state index is 9.53. The average molecular weight is 172 g/mol. The Balaban J connectivity index is 2.33. The molecule has 2 heteroatoms. The van der Waals surface area contributed by atoms with Crippen molar-refractivity contribution < 1.29 is 9.84 Å². The smallest absolute Gasteiger partial charge is 0.0832 e. The number of hydrogen-bond donors (Lipinski definition) is 1. The van der Waals surface area contributed by atoms with Crippen molar-refractivity contribution in [3.8, 4) is 0 Å². The Morgan fingerprint density at radius 1 is 1.42 bits per heavy atom. The van der Waals surface area contributed by atoms with Gasteiger partial charge in [-0.05, 0) is 25.2 Å². The lowest BCUT2D eigenvalue weighted by atomic mass is 9.83. The molecule has 0 aromatic rings. The minimum absolute atomic E-state index is 0.0929. The van der Waals surface area contributed by atoms with Crippen molar-refractivity contribution in [1.82, 2.24) is 0 Å². The summed E-state index contributed by atoms with van der Waals surface area (Å²) in [5, 5.41) is 9.53. The van der Waals surface area contributed by atoms with E-state index in [1.165, 1.54) is 19.3 Å². The summed E-state index contributed by atoms with van der Waals surface area (Å²) in [5.41, 5.74) is 0. The van der Waals surface area contributed by atoms with Gasteiger partial charge in [-0.1, -0.05) is 19.8 Å². The number of ether oxygens (including phenoxy) is 1. The monoisotopic (exact) mass is 172 g/mol. The Morgan fingerprint density at radius 3 is 2.75 bits per heavy atom. The first kappa shape index (κ1) is 10.0. The predicted octanol–water partition coefficient (Wildman–Crippen LogP) is 1.96. The van der Waals surface area contributed by atoms with E-state index in [9.17, 15) is 5.11 Å². The summed E-state index contributed by atoms with van der Waals surface area (Å²) in [4.78, 5) is 0. The van der Waals surface area contributed by atoms with E-state index in [4.69, 9.17) is 4.74 Å². The molecule has 1 fully saturated rings. The molecule has 0 unspecified atom stereocenters. The molecule has 0 radical (unpaired) electrons. The Kier molecular flexibility index (Phi) is 4.02. The van der Waals surface area contributed by atoms with Crippen LogP contribution in [0.4, 0.5) is 0 Å². The van der Waals surface area contributed by atoms with Crippen molar-refractivity contribution in [2.24, 2.45) is 5.92 Å². The van der Waals surface area contributed by atoms with Crippen molar-refractivity contribution in [3.05, 3.63) is 0 Å². The maximum Gasteiger partial charge on any atom is 0.0832 e. The van der Waals surface area contributed by atoms with E-state index in [2.05, 4.69) is 6.92 Å². The first-order chi connectivity index (χ1) is 5.77. The first-order valence-electron chi connectivity index (χ1n) is 4.98. The highest BCUT2D eigenvalue weighted by Crippen LogP contribution is 2.29. The third-order valence-electron chi connectivity index (χ3n) is 2.87. The molecule has 0 bridgehead atoms. The minimum Gasteiger partial charge on any atom is -0.390 e. The van der Waals surface area contributed by atoms with Crippen LogP contribution in [0.2, 0.25) is 0 Å². The van der Waals surface area contributed by atoms with E-state index < -0.39 is 0 Å². The second kappa shape index (κ2) is 4.83. The normalized spacial score (nSPS) is 36.8. The number of aliphatic hydroxyl groups excluding tert-OH is 1. The van der Waals surface area contributed by atoms with Gasteiger partial charge in [0.25, 0.3) is 0 Å². The SMILES string of the molecule is CCC[C@H]1CC[C@@H](O)[C@H](OC)C1. The van der Waals surface area contributed by atoms with Gasteiger partial charge >= 0.3 is 0 Å². The fourth-order valence-electron chi connectivity index (χ4n) is 2.12. The van der Waals surface area contributed by atoms with E-state index >= 15 is 0 Å². The van der Waals surface area contributed by atoms with Gasteiger partial charge in [-0.3, -0.25) is 0 Å². The molecular weight excluding hydrogens is 152 g/mol. The van der Waals surface area contributed by atoms with Crippen LogP contribution in [0.3, 0.4) is 0 Å². The van der Waals surface area contributed by atoms with Crippen LogP contribution in [-0.2, 0) is 4.74 Å². The third-order valence-corrected chi connectivity index (χ3v) is 2.87. The summed E-state index contributed by atoms with van der Waals surface area (Å²) in [6.07, 6.45) is 5.55. The Labute approximate surface area is 74.9 Å². The molecule has 2 nitrogen and oxygen atoms in total. The predicted molar refractivity (Wildman–Crippen MR) is 49.1 cm³/mol. The van der Waals surface area contributed by atoms with Crippen LogP contribution in [0, 0.1) is 5.92 Å². The Hall–Kier alpha value is -0.0800. The van der Waals surface area contributed by atoms with Gasteiger partial charge in [0.05, 0.1) is 12.2 Å². The van der Waals surface area contributed by atoms with E-state index in [0.29, 0.717) is 0 Å². The van der Waals surface area contributed by atoms with Crippen LogP contribution in [0.1, 0.15) is 39.0 Å². The molecule has 0 amide bonds. The summed E-state index contributed by atoms with van der Waals surface area (Å²) >= 11 is 0. The number of aliphatic hydroxyl groups is 1. The second-order valence-electron chi connectivity index (χ2n) is 3.81. The van der Waals surface area contributed by atoms with Crippen molar-refractivity contribution >= 4 is 0 Å². The summed E-state index contributed by atoms with van der Waals surface area (Å²) < 4.78 is 5.23. The molecule has 12 heavy (non-hydrogen) atoms. The third kappa shape index (κ3) is 2.46. The van der Waals surface area contributed by atoms with Crippen LogP contribution in [-0.4, -0.2) is 24.4 Å².